The molecule has 1 fully saturated rings. The molecule has 0 aromatic heterocycles. The van der Waals surface area contributed by atoms with Gasteiger partial charge in [-0.3, -0.25) is 0 Å². The molecule has 0 spiro atoms. The van der Waals surface area contributed by atoms with Gasteiger partial charge in [0.2, 0.25) is 0 Å². The topological polar surface area (TPSA) is 32.7 Å². The standard InChI is InChI=1S/C20H25NO2/c22-20(18-9-5-2-6-10-18)15-21-13-11-19(12-14-21)23-16-17-7-3-1-4-8-17/h1-10,19-20,22H,11-16H2/t20-/m1/s1. The normalized spacial score (nSPS) is 18.0. The van der Waals surface area contributed by atoms with Crippen LogP contribution in [0.2, 0.25) is 0 Å². The molecule has 3 heteroatoms. The molecule has 2 aromatic rings. The number of hydrogen-bond donors (Lipinski definition) is 1. The second-order valence-corrected chi connectivity index (χ2v) is 6.22. The molecule has 2 aromatic carbocycles. The predicted molar refractivity (Wildman–Crippen MR) is 92.1 cm³/mol. The first-order chi connectivity index (χ1) is 11.3. The first kappa shape index (κ1) is 16.2. The number of nitrogens with zero attached hydrogens (tertiary/aromatic N) is 1. The maximum Gasteiger partial charge on any atom is 0.0916 e. The molecule has 0 amide bonds. The van der Waals surface area contributed by atoms with Gasteiger partial charge < -0.3 is 14.7 Å². The zero-order chi connectivity index (χ0) is 15.9. The minimum Gasteiger partial charge on any atom is -0.387 e. The summed E-state index contributed by atoms with van der Waals surface area (Å²) < 4.78 is 6.02. The zero-order valence-electron chi connectivity index (χ0n) is 13.5. The van der Waals surface area contributed by atoms with E-state index in [1.807, 2.05) is 48.5 Å². The monoisotopic (exact) mass is 311 g/mol. The van der Waals surface area contributed by atoms with E-state index < -0.39 is 6.10 Å². The van der Waals surface area contributed by atoms with Crippen LogP contribution in [0.5, 0.6) is 0 Å². The van der Waals surface area contributed by atoms with E-state index in [-0.39, 0.29) is 0 Å². The van der Waals surface area contributed by atoms with Gasteiger partial charge >= 0.3 is 0 Å². The van der Waals surface area contributed by atoms with Gasteiger partial charge in [0.25, 0.3) is 0 Å². The van der Waals surface area contributed by atoms with Gasteiger partial charge in [0.05, 0.1) is 18.8 Å². The molecular formula is C20H25NO2. The summed E-state index contributed by atoms with van der Waals surface area (Å²) in [6.07, 6.45) is 2.00. The summed E-state index contributed by atoms with van der Waals surface area (Å²) in [6, 6.07) is 20.2. The summed E-state index contributed by atoms with van der Waals surface area (Å²) in [4.78, 5) is 2.33. The Morgan fingerprint density at radius 3 is 2.22 bits per heavy atom. The van der Waals surface area contributed by atoms with Gasteiger partial charge in [0.1, 0.15) is 0 Å². The number of benzene rings is 2. The Balaban J connectivity index is 1.40. The molecule has 1 saturated heterocycles. The summed E-state index contributed by atoms with van der Waals surface area (Å²) >= 11 is 0. The molecule has 122 valence electrons. The smallest absolute Gasteiger partial charge is 0.0916 e. The van der Waals surface area contributed by atoms with Gasteiger partial charge in [-0.25, -0.2) is 0 Å². The SMILES string of the molecule is O[C@H](CN1CCC(OCc2ccccc2)CC1)c1ccccc1. The molecule has 0 unspecified atom stereocenters. The third kappa shape index (κ3) is 4.90. The van der Waals surface area contributed by atoms with Crippen LogP contribution in [0.1, 0.15) is 30.1 Å². The van der Waals surface area contributed by atoms with Crippen LogP contribution >= 0.6 is 0 Å². The third-order valence-electron chi connectivity index (χ3n) is 4.48. The number of ether oxygens (including phenoxy) is 1. The first-order valence-corrected chi connectivity index (χ1v) is 8.42. The Labute approximate surface area is 138 Å². The summed E-state index contributed by atoms with van der Waals surface area (Å²) in [7, 11) is 0. The first-order valence-electron chi connectivity index (χ1n) is 8.42. The molecule has 1 aliphatic heterocycles. The molecule has 3 rings (SSSR count). The van der Waals surface area contributed by atoms with Crippen molar-refractivity contribution in [2.45, 2.75) is 31.7 Å². The zero-order valence-corrected chi connectivity index (χ0v) is 13.5. The van der Waals surface area contributed by atoms with E-state index in [4.69, 9.17) is 4.74 Å². The maximum atomic E-state index is 10.3. The van der Waals surface area contributed by atoms with E-state index in [2.05, 4.69) is 17.0 Å². The number of likely N-dealkylation sites (tertiary alicyclic amines) is 1. The highest BCUT2D eigenvalue weighted by molar-refractivity contribution is 5.17. The minimum atomic E-state index is -0.405. The van der Waals surface area contributed by atoms with Crippen LogP contribution in [-0.4, -0.2) is 35.7 Å². The van der Waals surface area contributed by atoms with Gasteiger partial charge in [0, 0.05) is 19.6 Å². The van der Waals surface area contributed by atoms with Gasteiger partial charge in [0.15, 0.2) is 0 Å². The largest absolute Gasteiger partial charge is 0.387 e. The highest BCUT2D eigenvalue weighted by Gasteiger charge is 2.21. The average Bonchev–Trinajstić information content (AvgIpc) is 2.63. The maximum absolute atomic E-state index is 10.3. The Bertz CT molecular complexity index is 565. The summed E-state index contributed by atoms with van der Waals surface area (Å²) in [5.74, 6) is 0. The van der Waals surface area contributed by atoms with Crippen molar-refractivity contribution in [2.75, 3.05) is 19.6 Å². The van der Waals surface area contributed by atoms with Gasteiger partial charge in [-0.05, 0) is 24.0 Å². The molecular weight excluding hydrogens is 286 g/mol. The molecule has 0 saturated carbocycles. The van der Waals surface area contributed by atoms with Crippen molar-refractivity contribution in [1.29, 1.82) is 0 Å². The predicted octanol–water partition coefficient (Wildman–Crippen LogP) is 3.40. The van der Waals surface area contributed by atoms with E-state index in [9.17, 15) is 5.11 Å². The van der Waals surface area contributed by atoms with E-state index in [1.165, 1.54) is 5.56 Å². The van der Waals surface area contributed by atoms with Gasteiger partial charge in [-0.1, -0.05) is 60.7 Å². The van der Waals surface area contributed by atoms with Crippen molar-refractivity contribution in [2.24, 2.45) is 0 Å². The number of piperidine rings is 1. The van der Waals surface area contributed by atoms with Crippen LogP contribution in [0.15, 0.2) is 60.7 Å². The van der Waals surface area contributed by atoms with Crippen molar-refractivity contribution in [3.8, 4) is 0 Å². The van der Waals surface area contributed by atoms with Crippen LogP contribution in [0.25, 0.3) is 0 Å². The van der Waals surface area contributed by atoms with E-state index in [0.29, 0.717) is 19.3 Å². The molecule has 1 heterocycles. The second-order valence-electron chi connectivity index (χ2n) is 6.22. The lowest BCUT2D eigenvalue weighted by molar-refractivity contribution is -0.0109. The Kier molecular flexibility index (Phi) is 5.81. The van der Waals surface area contributed by atoms with E-state index in [1.54, 1.807) is 0 Å². The molecule has 23 heavy (non-hydrogen) atoms. The lowest BCUT2D eigenvalue weighted by atomic mass is 10.0. The molecule has 0 bridgehead atoms. The molecule has 1 atom stereocenters. The fraction of sp³-hybridized carbons (Fsp3) is 0.400. The van der Waals surface area contributed by atoms with Crippen LogP contribution in [-0.2, 0) is 11.3 Å². The molecule has 0 radical (unpaired) electrons. The van der Waals surface area contributed by atoms with Gasteiger partial charge in [-0.2, -0.15) is 0 Å². The van der Waals surface area contributed by atoms with Crippen LogP contribution in [0, 0.1) is 0 Å². The van der Waals surface area contributed by atoms with Crippen molar-refractivity contribution in [3.05, 3.63) is 71.8 Å². The van der Waals surface area contributed by atoms with Gasteiger partial charge in [-0.15, -0.1) is 0 Å². The van der Waals surface area contributed by atoms with E-state index >= 15 is 0 Å². The fourth-order valence-corrected chi connectivity index (χ4v) is 3.07. The van der Waals surface area contributed by atoms with Crippen molar-refractivity contribution >= 4 is 0 Å². The molecule has 1 aliphatic rings. The van der Waals surface area contributed by atoms with Crippen molar-refractivity contribution in [3.63, 3.8) is 0 Å². The minimum absolute atomic E-state index is 0.334. The number of rotatable bonds is 6. The van der Waals surface area contributed by atoms with E-state index in [0.717, 1.165) is 31.5 Å². The van der Waals surface area contributed by atoms with Crippen LogP contribution < -0.4 is 0 Å². The number of aliphatic hydroxyl groups is 1. The Hall–Kier alpha value is -1.68. The molecule has 0 aliphatic carbocycles. The number of aliphatic hydroxyl groups excluding tert-OH is 1. The lowest BCUT2D eigenvalue weighted by Crippen LogP contribution is -2.39. The highest BCUT2D eigenvalue weighted by Crippen LogP contribution is 2.19. The number of hydrogen-bond acceptors (Lipinski definition) is 3. The molecule has 1 N–H and O–H groups in total. The van der Waals surface area contributed by atoms with Crippen LogP contribution in [0.3, 0.4) is 0 Å². The average molecular weight is 311 g/mol. The lowest BCUT2D eigenvalue weighted by Gasteiger charge is -2.33. The Morgan fingerprint density at radius 1 is 0.957 bits per heavy atom. The summed E-state index contributed by atoms with van der Waals surface area (Å²) in [5.41, 5.74) is 2.23. The third-order valence-corrected chi connectivity index (χ3v) is 4.48. The number of β-amino-alcohol motifs (C(OH)–C–C–N with tert-alkyl or cyclic N) is 1. The highest BCUT2D eigenvalue weighted by atomic mass is 16.5. The summed E-state index contributed by atoms with van der Waals surface area (Å²) in [5, 5.41) is 10.3. The Morgan fingerprint density at radius 2 is 1.57 bits per heavy atom. The van der Waals surface area contributed by atoms with Crippen molar-refractivity contribution in [1.82, 2.24) is 4.90 Å². The molecule has 3 nitrogen and oxygen atoms in total. The quantitative estimate of drug-likeness (QED) is 0.887. The fourth-order valence-electron chi connectivity index (χ4n) is 3.07. The van der Waals surface area contributed by atoms with Crippen LogP contribution in [0.4, 0.5) is 0 Å². The van der Waals surface area contributed by atoms with Crippen molar-refractivity contribution < 1.29 is 9.84 Å². The second kappa shape index (κ2) is 8.25. The summed E-state index contributed by atoms with van der Waals surface area (Å²) in [6.45, 7) is 3.38.